The van der Waals surface area contributed by atoms with E-state index in [1.54, 1.807) is 47.8 Å². The van der Waals surface area contributed by atoms with Gasteiger partial charge in [-0.25, -0.2) is 0 Å². The lowest BCUT2D eigenvalue weighted by Crippen LogP contribution is -2.54. The van der Waals surface area contributed by atoms with Gasteiger partial charge in [-0.1, -0.05) is 12.1 Å². The highest BCUT2D eigenvalue weighted by Gasteiger charge is 2.45. The van der Waals surface area contributed by atoms with E-state index < -0.39 is 53.4 Å². The molecule has 5 rings (SSSR count). The maximum absolute atomic E-state index is 13.6. The van der Waals surface area contributed by atoms with Crippen LogP contribution in [0.25, 0.3) is 0 Å². The molecule has 0 bridgehead atoms. The van der Waals surface area contributed by atoms with Gasteiger partial charge >= 0.3 is 5.91 Å². The van der Waals surface area contributed by atoms with Gasteiger partial charge in [0.25, 0.3) is 11.8 Å². The number of benzene rings is 2. The van der Waals surface area contributed by atoms with Gasteiger partial charge in [-0.3, -0.25) is 48.7 Å². The Kier molecular flexibility index (Phi) is 17.8. The maximum atomic E-state index is 13.6. The second-order valence-electron chi connectivity index (χ2n) is 13.4. The summed E-state index contributed by atoms with van der Waals surface area (Å²) in [5.74, 6) is -1.34. The summed E-state index contributed by atoms with van der Waals surface area (Å²) in [6.07, 6.45) is 5.64. The fourth-order valence-electron chi connectivity index (χ4n) is 6.51. The highest BCUT2D eigenvalue weighted by molar-refractivity contribution is 7.10. The number of carbonyl (C=O) groups excluding carboxylic acids is 7. The Bertz CT molecular complexity index is 2120. The number of thiophene rings is 1. The molecular formula is C42H48N6O13S. The number of imide groups is 2. The van der Waals surface area contributed by atoms with Crippen molar-refractivity contribution in [3.63, 3.8) is 0 Å². The molecule has 2 unspecified atom stereocenters. The van der Waals surface area contributed by atoms with Crippen LogP contribution in [-0.2, 0) is 42.9 Å². The smallest absolute Gasteiger partial charge is 0.303 e. The van der Waals surface area contributed by atoms with Crippen molar-refractivity contribution in [3.05, 3.63) is 69.9 Å². The number of ether oxygens (including phenoxy) is 6. The summed E-state index contributed by atoms with van der Waals surface area (Å²) in [5.41, 5.74) is 1.06. The molecule has 0 aliphatic carbocycles. The Balaban J connectivity index is 0.900. The predicted molar refractivity (Wildman–Crippen MR) is 224 cm³/mol. The fraction of sp³-hybridized carbons (Fsp3) is 0.405. The van der Waals surface area contributed by atoms with Crippen molar-refractivity contribution >= 4 is 64.1 Å². The van der Waals surface area contributed by atoms with Crippen LogP contribution in [0.3, 0.4) is 0 Å². The minimum absolute atomic E-state index is 0.0431. The molecule has 2 aliphatic heterocycles. The molecule has 2 atom stereocenters. The molecule has 19 nitrogen and oxygen atoms in total. The van der Waals surface area contributed by atoms with E-state index in [9.17, 15) is 33.6 Å². The lowest BCUT2D eigenvalue weighted by atomic mass is 10.0. The maximum Gasteiger partial charge on any atom is 0.303 e. The normalized spacial score (nSPS) is 15.0. The van der Waals surface area contributed by atoms with Crippen molar-refractivity contribution in [2.24, 2.45) is 0 Å². The number of hydrogen-bond acceptors (Lipinski definition) is 15. The van der Waals surface area contributed by atoms with Gasteiger partial charge < -0.3 is 44.4 Å². The first-order valence-electron chi connectivity index (χ1n) is 19.6. The van der Waals surface area contributed by atoms with Crippen molar-refractivity contribution in [2.75, 3.05) is 96.9 Å². The lowest BCUT2D eigenvalue weighted by Gasteiger charge is -2.30. The number of nitrogens with one attached hydrogen (secondary N) is 4. The molecule has 3 heterocycles. The Morgan fingerprint density at radius 2 is 1.56 bits per heavy atom. The molecule has 0 saturated carbocycles. The van der Waals surface area contributed by atoms with Crippen LogP contribution in [0.15, 0.2) is 53.9 Å². The number of hydrogen-bond donors (Lipinski definition) is 4. The molecule has 330 valence electrons. The van der Waals surface area contributed by atoms with Crippen LogP contribution in [0.4, 0.5) is 11.4 Å². The SMILES string of the molecule is C#CC(=O)N(c1ccc(OC)cc1OC)C(C(=O)NCC(=O)NCCOCCOCCOCCOCCNc1cccc2c1C(=O)N(C1CCC(=O)NC1=O)C2=O)c1cccs1. The third-order valence-corrected chi connectivity index (χ3v) is 10.4. The molecule has 7 amide bonds. The van der Waals surface area contributed by atoms with Crippen LogP contribution in [0.2, 0.25) is 0 Å². The van der Waals surface area contributed by atoms with Crippen LogP contribution >= 0.6 is 11.3 Å². The number of carbonyl (C=O) groups is 7. The first-order valence-corrected chi connectivity index (χ1v) is 20.5. The quantitative estimate of drug-likeness (QED) is 0.0535. The Hall–Kier alpha value is -6.37. The van der Waals surface area contributed by atoms with E-state index >= 15 is 0 Å². The molecule has 1 aromatic heterocycles. The molecule has 1 saturated heterocycles. The Morgan fingerprint density at radius 3 is 2.19 bits per heavy atom. The summed E-state index contributed by atoms with van der Waals surface area (Å²) in [6.45, 7) is 2.52. The number of rotatable bonds is 25. The molecule has 2 aromatic carbocycles. The number of amides is 7. The van der Waals surface area contributed by atoms with E-state index in [2.05, 4.69) is 27.2 Å². The zero-order chi connectivity index (χ0) is 44.4. The van der Waals surface area contributed by atoms with Crippen LogP contribution in [0.5, 0.6) is 11.5 Å². The largest absolute Gasteiger partial charge is 0.497 e. The zero-order valence-corrected chi connectivity index (χ0v) is 35.0. The lowest BCUT2D eigenvalue weighted by molar-refractivity contribution is -0.136. The number of piperidine rings is 1. The molecule has 3 aromatic rings. The van der Waals surface area contributed by atoms with E-state index in [4.69, 9.17) is 34.8 Å². The average molecular weight is 877 g/mol. The fourth-order valence-corrected chi connectivity index (χ4v) is 7.32. The molecule has 62 heavy (non-hydrogen) atoms. The molecule has 0 spiro atoms. The van der Waals surface area contributed by atoms with E-state index in [1.807, 2.05) is 0 Å². The van der Waals surface area contributed by atoms with Gasteiger partial charge in [0.2, 0.25) is 23.6 Å². The molecule has 4 N–H and O–H groups in total. The van der Waals surface area contributed by atoms with Crippen molar-refractivity contribution in [1.29, 1.82) is 0 Å². The third-order valence-electron chi connectivity index (χ3n) is 9.45. The van der Waals surface area contributed by atoms with Crippen molar-refractivity contribution in [3.8, 4) is 23.8 Å². The summed E-state index contributed by atoms with van der Waals surface area (Å²) in [7, 11) is 2.90. The van der Waals surface area contributed by atoms with Crippen LogP contribution in [0.1, 0.15) is 44.5 Å². The number of fused-ring (bicyclic) bond motifs is 1. The van der Waals surface area contributed by atoms with Gasteiger partial charge in [0, 0.05) is 36.1 Å². The second kappa shape index (κ2) is 23.6. The van der Waals surface area contributed by atoms with Crippen molar-refractivity contribution in [1.82, 2.24) is 20.9 Å². The number of anilines is 2. The summed E-state index contributed by atoms with van der Waals surface area (Å²) in [6, 6.07) is 10.8. The second-order valence-corrected chi connectivity index (χ2v) is 14.4. The van der Waals surface area contributed by atoms with Crippen molar-refractivity contribution in [2.45, 2.75) is 24.9 Å². The molecule has 20 heteroatoms. The molecule has 2 aliphatic rings. The summed E-state index contributed by atoms with van der Waals surface area (Å²) in [4.78, 5) is 91.9. The monoisotopic (exact) mass is 876 g/mol. The topological polar surface area (TPSA) is 229 Å². The van der Waals surface area contributed by atoms with Gasteiger partial charge in [0.05, 0.1) is 90.4 Å². The third kappa shape index (κ3) is 12.1. The zero-order valence-electron chi connectivity index (χ0n) is 34.2. The summed E-state index contributed by atoms with van der Waals surface area (Å²) < 4.78 is 32.9. The standard InChI is InChI=1S/C42H48N6O13S/c1-4-36(51)47(30-11-10-27(56-2)25-32(30)57-3)38(33-9-6-24-62-33)40(53)45-26-35(50)44-15-17-59-19-21-61-23-22-60-20-18-58-16-14-43-29-8-5-7-28-37(29)42(55)48(41(28)54)31-12-13-34(49)46-39(31)52/h1,5-11,24-25,31,38,43H,12-23,26H2,2-3H3,(H,44,50)(H,45,53)(H,46,49,52). The van der Waals surface area contributed by atoms with E-state index in [1.165, 1.54) is 31.6 Å². The first kappa shape index (κ1) is 46.7. The van der Waals surface area contributed by atoms with Crippen LogP contribution in [-0.4, -0.2) is 139 Å². The number of methoxy groups -OCH3 is 2. The minimum atomic E-state index is -1.19. The summed E-state index contributed by atoms with van der Waals surface area (Å²) >= 11 is 1.25. The predicted octanol–water partition coefficient (Wildman–Crippen LogP) is 1.28. The van der Waals surface area contributed by atoms with E-state index in [-0.39, 0.29) is 61.7 Å². The molecular weight excluding hydrogens is 829 g/mol. The Labute approximate surface area is 361 Å². The van der Waals surface area contributed by atoms with Gasteiger partial charge in [-0.2, -0.15) is 0 Å². The highest BCUT2D eigenvalue weighted by Crippen LogP contribution is 2.38. The van der Waals surface area contributed by atoms with Gasteiger partial charge in [0.1, 0.15) is 17.5 Å². The van der Waals surface area contributed by atoms with Crippen molar-refractivity contribution < 1.29 is 62.0 Å². The number of terminal acetylenes is 1. The van der Waals surface area contributed by atoms with E-state index in [0.29, 0.717) is 62.5 Å². The van der Waals surface area contributed by atoms with Gasteiger partial charge in [-0.15, -0.1) is 17.8 Å². The van der Waals surface area contributed by atoms with Crippen LogP contribution in [0, 0.1) is 12.3 Å². The minimum Gasteiger partial charge on any atom is -0.497 e. The van der Waals surface area contributed by atoms with Gasteiger partial charge in [0.15, 0.2) is 6.04 Å². The molecule has 1 fully saturated rings. The highest BCUT2D eigenvalue weighted by atomic mass is 32.1. The average Bonchev–Trinajstić information content (AvgIpc) is 3.90. The van der Waals surface area contributed by atoms with Crippen LogP contribution < -0.4 is 35.6 Å². The molecule has 0 radical (unpaired) electrons. The van der Waals surface area contributed by atoms with Gasteiger partial charge in [-0.05, 0) is 48.1 Å². The number of nitrogens with zero attached hydrogens (tertiary/aromatic N) is 2. The first-order chi connectivity index (χ1) is 30.1. The summed E-state index contributed by atoms with van der Waals surface area (Å²) in [5, 5.41) is 12.3. The van der Waals surface area contributed by atoms with E-state index in [0.717, 1.165) is 9.80 Å². The Morgan fingerprint density at radius 1 is 0.871 bits per heavy atom.